The lowest BCUT2D eigenvalue weighted by atomic mass is 9.99. The number of aryl methyl sites for hydroxylation is 1. The van der Waals surface area contributed by atoms with E-state index in [4.69, 9.17) is 4.74 Å². The largest absolute Gasteiger partial charge is 0.465 e. The number of ether oxygens (including phenoxy) is 2. The Morgan fingerprint density at radius 2 is 2.08 bits per heavy atom. The SMILES string of the molecule is COCC1(CNS(=O)(=O)c2ccc(C(=O)OC)cc2C)CCCN1.Cl. The quantitative estimate of drug-likeness (QED) is 0.678. The van der Waals surface area contributed by atoms with Gasteiger partial charge in [-0.05, 0) is 50.1 Å². The summed E-state index contributed by atoms with van der Waals surface area (Å²) in [5.41, 5.74) is 0.439. The zero-order chi connectivity index (χ0) is 17.8. The number of rotatable bonds is 7. The number of carbonyl (C=O) groups is 1. The molecule has 0 saturated carbocycles. The Morgan fingerprint density at radius 1 is 1.36 bits per heavy atom. The van der Waals surface area contributed by atoms with Crippen molar-refractivity contribution in [3.05, 3.63) is 29.3 Å². The molecule has 0 bridgehead atoms. The van der Waals surface area contributed by atoms with Gasteiger partial charge in [0.15, 0.2) is 0 Å². The van der Waals surface area contributed by atoms with E-state index in [-0.39, 0.29) is 29.4 Å². The summed E-state index contributed by atoms with van der Waals surface area (Å²) in [5, 5.41) is 3.33. The lowest BCUT2D eigenvalue weighted by Crippen LogP contribution is -2.52. The molecule has 1 atom stereocenters. The van der Waals surface area contributed by atoms with E-state index in [9.17, 15) is 13.2 Å². The summed E-state index contributed by atoms with van der Waals surface area (Å²) in [4.78, 5) is 11.7. The lowest BCUT2D eigenvalue weighted by Gasteiger charge is -2.29. The molecule has 0 spiro atoms. The zero-order valence-corrected chi connectivity index (χ0v) is 16.3. The molecule has 142 valence electrons. The summed E-state index contributed by atoms with van der Waals surface area (Å²) >= 11 is 0. The summed E-state index contributed by atoms with van der Waals surface area (Å²) in [6, 6.07) is 4.39. The third-order valence-electron chi connectivity index (χ3n) is 4.24. The monoisotopic (exact) mass is 392 g/mol. The normalized spacial score (nSPS) is 20.1. The molecule has 2 rings (SSSR count). The first-order valence-electron chi connectivity index (χ1n) is 7.76. The van der Waals surface area contributed by atoms with Gasteiger partial charge in [-0.25, -0.2) is 17.9 Å². The Bertz CT molecular complexity index is 702. The lowest BCUT2D eigenvalue weighted by molar-refractivity contribution is 0.0600. The van der Waals surface area contributed by atoms with Gasteiger partial charge in [0.1, 0.15) is 0 Å². The van der Waals surface area contributed by atoms with Crippen molar-refractivity contribution in [1.82, 2.24) is 10.0 Å². The highest BCUT2D eigenvalue weighted by atomic mass is 35.5. The first kappa shape index (κ1) is 21.9. The maximum atomic E-state index is 12.6. The minimum atomic E-state index is -3.68. The first-order valence-corrected chi connectivity index (χ1v) is 9.24. The second-order valence-corrected chi connectivity index (χ2v) is 7.78. The van der Waals surface area contributed by atoms with Gasteiger partial charge in [-0.2, -0.15) is 0 Å². The van der Waals surface area contributed by atoms with Gasteiger partial charge in [0.2, 0.25) is 10.0 Å². The predicted octanol–water partition coefficient (Wildman–Crippen LogP) is 1.25. The average Bonchev–Trinajstić information content (AvgIpc) is 3.01. The Morgan fingerprint density at radius 3 is 2.60 bits per heavy atom. The maximum absolute atomic E-state index is 12.6. The second-order valence-electron chi connectivity index (χ2n) is 6.04. The topological polar surface area (TPSA) is 93.7 Å². The number of carbonyl (C=O) groups excluding carboxylic acids is 1. The first-order chi connectivity index (χ1) is 11.3. The van der Waals surface area contributed by atoms with Crippen LogP contribution in [0.5, 0.6) is 0 Å². The molecule has 1 aliphatic rings. The van der Waals surface area contributed by atoms with Gasteiger partial charge in [-0.15, -0.1) is 12.4 Å². The molecule has 25 heavy (non-hydrogen) atoms. The number of sulfonamides is 1. The van der Waals surface area contributed by atoms with Crippen LogP contribution in [0.15, 0.2) is 23.1 Å². The molecule has 0 aromatic heterocycles. The van der Waals surface area contributed by atoms with Crippen molar-refractivity contribution < 1.29 is 22.7 Å². The highest BCUT2D eigenvalue weighted by Crippen LogP contribution is 2.21. The third kappa shape index (κ3) is 5.15. The van der Waals surface area contributed by atoms with Crippen LogP contribution in [-0.4, -0.2) is 53.8 Å². The minimum absolute atomic E-state index is 0. The molecule has 1 unspecified atom stereocenters. The Kier molecular flexibility index (Phi) is 7.83. The van der Waals surface area contributed by atoms with Crippen molar-refractivity contribution in [2.24, 2.45) is 0 Å². The molecule has 1 heterocycles. The van der Waals surface area contributed by atoms with Crippen molar-refractivity contribution in [2.45, 2.75) is 30.2 Å². The van der Waals surface area contributed by atoms with Crippen molar-refractivity contribution >= 4 is 28.4 Å². The van der Waals surface area contributed by atoms with Gasteiger partial charge >= 0.3 is 5.97 Å². The van der Waals surface area contributed by atoms with E-state index < -0.39 is 16.0 Å². The molecule has 1 fully saturated rings. The number of halogens is 1. The number of hydrogen-bond acceptors (Lipinski definition) is 6. The summed E-state index contributed by atoms with van der Waals surface area (Å²) in [6.45, 7) is 3.19. The van der Waals surface area contributed by atoms with Crippen LogP contribution in [0.4, 0.5) is 0 Å². The van der Waals surface area contributed by atoms with E-state index in [1.807, 2.05) is 0 Å². The molecule has 2 N–H and O–H groups in total. The van der Waals surface area contributed by atoms with Gasteiger partial charge in [-0.1, -0.05) is 0 Å². The van der Waals surface area contributed by atoms with E-state index in [1.54, 1.807) is 14.0 Å². The Balaban J connectivity index is 0.00000312. The third-order valence-corrected chi connectivity index (χ3v) is 5.80. The van der Waals surface area contributed by atoms with Crippen LogP contribution < -0.4 is 10.0 Å². The Labute approximate surface area is 154 Å². The van der Waals surface area contributed by atoms with Crippen LogP contribution in [0.1, 0.15) is 28.8 Å². The fourth-order valence-corrected chi connectivity index (χ4v) is 4.33. The van der Waals surface area contributed by atoms with E-state index in [2.05, 4.69) is 14.8 Å². The zero-order valence-electron chi connectivity index (χ0n) is 14.6. The number of methoxy groups -OCH3 is 2. The van der Waals surface area contributed by atoms with Crippen molar-refractivity contribution in [1.29, 1.82) is 0 Å². The molecule has 1 aromatic rings. The number of hydrogen-bond donors (Lipinski definition) is 2. The van der Waals surface area contributed by atoms with Crippen LogP contribution in [0, 0.1) is 6.92 Å². The molecular formula is C16H25ClN2O5S. The molecule has 1 saturated heterocycles. The predicted molar refractivity (Wildman–Crippen MR) is 96.8 cm³/mol. The van der Waals surface area contributed by atoms with Crippen LogP contribution in [0.25, 0.3) is 0 Å². The minimum Gasteiger partial charge on any atom is -0.465 e. The highest BCUT2D eigenvalue weighted by molar-refractivity contribution is 7.89. The summed E-state index contributed by atoms with van der Waals surface area (Å²) < 4.78 is 37.8. The van der Waals surface area contributed by atoms with Gasteiger partial charge < -0.3 is 14.8 Å². The van der Waals surface area contributed by atoms with E-state index in [0.29, 0.717) is 17.7 Å². The summed E-state index contributed by atoms with van der Waals surface area (Å²) in [7, 11) is -0.793. The molecule has 1 aliphatic heterocycles. The van der Waals surface area contributed by atoms with E-state index in [1.165, 1.54) is 25.3 Å². The van der Waals surface area contributed by atoms with Gasteiger partial charge in [0.25, 0.3) is 0 Å². The van der Waals surface area contributed by atoms with E-state index >= 15 is 0 Å². The highest BCUT2D eigenvalue weighted by Gasteiger charge is 2.35. The van der Waals surface area contributed by atoms with E-state index in [0.717, 1.165) is 19.4 Å². The molecule has 7 nitrogen and oxygen atoms in total. The fourth-order valence-electron chi connectivity index (χ4n) is 2.98. The van der Waals surface area contributed by atoms with Crippen LogP contribution in [0.3, 0.4) is 0 Å². The van der Waals surface area contributed by atoms with Crippen LogP contribution in [0.2, 0.25) is 0 Å². The molecule has 0 radical (unpaired) electrons. The standard InChI is InChI=1S/C16H24N2O5S.ClH/c1-12-9-13(15(19)23-3)5-6-14(12)24(20,21)18-10-16(11-22-2)7-4-8-17-16;/h5-6,9,17-18H,4,7-8,10-11H2,1-3H3;1H. The van der Waals surface area contributed by atoms with Crippen molar-refractivity contribution in [3.8, 4) is 0 Å². The van der Waals surface area contributed by atoms with Crippen molar-refractivity contribution in [2.75, 3.05) is 33.9 Å². The van der Waals surface area contributed by atoms with Crippen molar-refractivity contribution in [3.63, 3.8) is 0 Å². The Hall–Kier alpha value is -1.19. The number of benzene rings is 1. The molecular weight excluding hydrogens is 368 g/mol. The van der Waals surface area contributed by atoms with Crippen LogP contribution in [-0.2, 0) is 19.5 Å². The second kappa shape index (κ2) is 8.95. The molecule has 9 heteroatoms. The number of nitrogens with one attached hydrogen (secondary N) is 2. The van der Waals surface area contributed by atoms with Crippen LogP contribution >= 0.6 is 12.4 Å². The average molecular weight is 393 g/mol. The number of esters is 1. The van der Waals surface area contributed by atoms with Gasteiger partial charge in [0.05, 0.1) is 29.7 Å². The molecule has 1 aromatic carbocycles. The maximum Gasteiger partial charge on any atom is 0.337 e. The van der Waals surface area contributed by atoms with Gasteiger partial charge in [0, 0.05) is 13.7 Å². The summed E-state index contributed by atoms with van der Waals surface area (Å²) in [6.07, 6.45) is 1.83. The van der Waals surface area contributed by atoms with Gasteiger partial charge in [-0.3, -0.25) is 0 Å². The fraction of sp³-hybridized carbons (Fsp3) is 0.562. The molecule has 0 aliphatic carbocycles. The summed E-state index contributed by atoms with van der Waals surface area (Å²) in [5.74, 6) is -0.496. The smallest absolute Gasteiger partial charge is 0.337 e. The molecule has 0 amide bonds.